The number of anilines is 1. The van der Waals surface area contributed by atoms with Crippen LogP contribution in [0.1, 0.15) is 23.0 Å². The smallest absolute Gasteiger partial charge is 0.310 e. The number of carbonyl (C=O) groups is 1. The number of benzene rings is 1. The quantitative estimate of drug-likeness (QED) is 0.530. The van der Waals surface area contributed by atoms with Gasteiger partial charge in [-0.15, -0.1) is 0 Å². The summed E-state index contributed by atoms with van der Waals surface area (Å²) < 4.78 is 43.4. The Hall–Kier alpha value is -3.96. The van der Waals surface area contributed by atoms with E-state index in [0.717, 1.165) is 23.8 Å². The van der Waals surface area contributed by atoms with Gasteiger partial charge in [-0.2, -0.15) is 23.4 Å². The molecule has 3 heterocycles. The lowest BCUT2D eigenvalue weighted by molar-refractivity contribution is -0.143. The van der Waals surface area contributed by atoms with Crippen LogP contribution in [0.25, 0.3) is 16.9 Å². The van der Waals surface area contributed by atoms with Gasteiger partial charge in [0.15, 0.2) is 11.5 Å². The number of aromatic amines is 1. The highest BCUT2D eigenvalue weighted by atomic mass is 19.4. The minimum Gasteiger partial charge on any atom is -0.310 e. The number of alkyl halides is 3. The summed E-state index contributed by atoms with van der Waals surface area (Å²) in [5.74, 6) is -1.20. The Morgan fingerprint density at radius 2 is 1.97 bits per heavy atom. The number of hydrogen-bond acceptors (Lipinski definition) is 5. The van der Waals surface area contributed by atoms with E-state index in [9.17, 15) is 22.8 Å². The SMILES string of the molecule is CCn1c(NC(=O)c2cnn(-c3ccc(=O)[nH]n3)c2C(F)(F)F)nc2ccccc21. The molecule has 2 N–H and O–H groups in total. The van der Waals surface area contributed by atoms with E-state index in [1.165, 1.54) is 0 Å². The van der Waals surface area contributed by atoms with Crippen molar-refractivity contribution in [3.8, 4) is 5.82 Å². The molecule has 0 aliphatic heterocycles. The maximum absolute atomic E-state index is 13.8. The van der Waals surface area contributed by atoms with E-state index in [2.05, 4.69) is 20.5 Å². The summed E-state index contributed by atoms with van der Waals surface area (Å²) in [6, 6.07) is 9.17. The van der Waals surface area contributed by atoms with Gasteiger partial charge >= 0.3 is 6.18 Å². The van der Waals surface area contributed by atoms with Crippen molar-refractivity contribution in [3.05, 3.63) is 64.2 Å². The summed E-state index contributed by atoms with van der Waals surface area (Å²) in [5.41, 5.74) is -1.28. The number of halogens is 3. The van der Waals surface area contributed by atoms with Gasteiger partial charge in [0.25, 0.3) is 11.5 Å². The molecule has 1 amide bonds. The second-order valence-corrected chi connectivity index (χ2v) is 6.22. The van der Waals surface area contributed by atoms with Gasteiger partial charge in [-0.05, 0) is 25.1 Å². The molecule has 4 rings (SSSR count). The van der Waals surface area contributed by atoms with Crippen LogP contribution in [0, 0.1) is 0 Å². The van der Waals surface area contributed by atoms with E-state index >= 15 is 0 Å². The summed E-state index contributed by atoms with van der Waals surface area (Å²) in [7, 11) is 0. The van der Waals surface area contributed by atoms with Crippen LogP contribution in [0.5, 0.6) is 0 Å². The van der Waals surface area contributed by atoms with Crippen molar-refractivity contribution >= 4 is 22.9 Å². The number of para-hydroxylation sites is 2. The number of aromatic nitrogens is 6. The monoisotopic (exact) mass is 417 g/mol. The standard InChI is InChI=1S/C18H14F3N7O2/c1-2-27-12-6-4-3-5-11(12)23-17(27)24-16(30)10-9-22-28(15(10)18(19,20)21)13-7-8-14(29)26-25-13/h3-9H,2H2,1H3,(H,26,29)(H,23,24,30). The Bertz CT molecular complexity index is 1280. The fraction of sp³-hybridized carbons (Fsp3) is 0.167. The number of H-pyrrole nitrogens is 1. The molecule has 3 aromatic heterocycles. The number of imidazole rings is 1. The molecule has 0 fully saturated rings. The van der Waals surface area contributed by atoms with E-state index in [4.69, 9.17) is 0 Å². The highest BCUT2D eigenvalue weighted by Crippen LogP contribution is 2.33. The van der Waals surface area contributed by atoms with Gasteiger partial charge in [-0.3, -0.25) is 14.9 Å². The Kier molecular flexibility index (Phi) is 4.60. The Morgan fingerprint density at radius 3 is 2.63 bits per heavy atom. The van der Waals surface area contributed by atoms with E-state index in [-0.39, 0.29) is 11.8 Å². The molecule has 0 aliphatic rings. The van der Waals surface area contributed by atoms with Crippen molar-refractivity contribution in [2.75, 3.05) is 5.32 Å². The van der Waals surface area contributed by atoms with Crippen LogP contribution in [0.4, 0.5) is 19.1 Å². The molecular formula is C18H14F3N7O2. The summed E-state index contributed by atoms with van der Waals surface area (Å²) >= 11 is 0. The highest BCUT2D eigenvalue weighted by molar-refractivity contribution is 6.05. The predicted octanol–water partition coefficient (Wildman–Crippen LogP) is 2.60. The largest absolute Gasteiger partial charge is 0.434 e. The third-order valence-electron chi connectivity index (χ3n) is 4.36. The lowest BCUT2D eigenvalue weighted by atomic mass is 10.2. The fourth-order valence-corrected chi connectivity index (χ4v) is 3.08. The van der Waals surface area contributed by atoms with E-state index in [1.54, 1.807) is 28.8 Å². The first-order valence-corrected chi connectivity index (χ1v) is 8.77. The number of aryl methyl sites for hydroxylation is 1. The zero-order valence-electron chi connectivity index (χ0n) is 15.4. The number of rotatable bonds is 4. The first-order chi connectivity index (χ1) is 14.3. The Balaban J connectivity index is 1.77. The van der Waals surface area contributed by atoms with Crippen molar-refractivity contribution in [1.82, 2.24) is 29.5 Å². The molecule has 1 aromatic carbocycles. The minimum atomic E-state index is -4.91. The molecule has 0 aliphatic carbocycles. The molecule has 4 aromatic rings. The minimum absolute atomic E-state index is 0.117. The van der Waals surface area contributed by atoms with E-state index < -0.39 is 28.9 Å². The summed E-state index contributed by atoms with van der Waals surface area (Å²) in [5, 5.41) is 11.7. The van der Waals surface area contributed by atoms with Crippen LogP contribution in [0.3, 0.4) is 0 Å². The van der Waals surface area contributed by atoms with Crippen LogP contribution < -0.4 is 10.9 Å². The fourth-order valence-electron chi connectivity index (χ4n) is 3.08. The first kappa shape index (κ1) is 19.4. The third-order valence-corrected chi connectivity index (χ3v) is 4.36. The first-order valence-electron chi connectivity index (χ1n) is 8.77. The van der Waals surface area contributed by atoms with Crippen LogP contribution in [0.15, 0.2) is 47.4 Å². The molecule has 154 valence electrons. The molecule has 0 unspecified atom stereocenters. The number of carbonyl (C=O) groups excluding carboxylic acids is 1. The van der Waals surface area contributed by atoms with Gasteiger partial charge in [0.05, 0.1) is 22.8 Å². The van der Waals surface area contributed by atoms with Crippen molar-refractivity contribution in [2.24, 2.45) is 0 Å². The molecule has 0 saturated carbocycles. The molecule has 0 bridgehead atoms. The van der Waals surface area contributed by atoms with Crippen LogP contribution in [-0.4, -0.2) is 35.4 Å². The van der Waals surface area contributed by atoms with Crippen LogP contribution in [0.2, 0.25) is 0 Å². The number of nitrogens with one attached hydrogen (secondary N) is 2. The highest BCUT2D eigenvalue weighted by Gasteiger charge is 2.41. The maximum Gasteiger partial charge on any atom is 0.434 e. The van der Waals surface area contributed by atoms with E-state index in [1.807, 2.05) is 12.0 Å². The van der Waals surface area contributed by atoms with Crippen LogP contribution >= 0.6 is 0 Å². The maximum atomic E-state index is 13.8. The lowest BCUT2D eigenvalue weighted by Crippen LogP contribution is -2.22. The number of fused-ring (bicyclic) bond motifs is 1. The van der Waals surface area contributed by atoms with Crippen molar-refractivity contribution in [2.45, 2.75) is 19.6 Å². The Morgan fingerprint density at radius 1 is 1.20 bits per heavy atom. The Labute approximate surface area is 166 Å². The van der Waals surface area contributed by atoms with Gasteiger partial charge < -0.3 is 4.57 Å². The van der Waals surface area contributed by atoms with Gasteiger partial charge in [0.1, 0.15) is 0 Å². The number of nitrogens with zero attached hydrogens (tertiary/aromatic N) is 5. The summed E-state index contributed by atoms with van der Waals surface area (Å²) in [4.78, 5) is 28.2. The average Bonchev–Trinajstić information content (AvgIpc) is 3.29. The molecule has 0 saturated heterocycles. The van der Waals surface area contributed by atoms with Gasteiger partial charge in [0, 0.05) is 12.6 Å². The zero-order chi connectivity index (χ0) is 21.5. The normalized spacial score (nSPS) is 11.7. The number of hydrogen-bond donors (Lipinski definition) is 2. The van der Waals surface area contributed by atoms with Gasteiger partial charge in [0.2, 0.25) is 5.95 Å². The average molecular weight is 417 g/mol. The summed E-state index contributed by atoms with van der Waals surface area (Å²) in [6.07, 6.45) is -4.12. The summed E-state index contributed by atoms with van der Waals surface area (Å²) in [6.45, 7) is 2.27. The second kappa shape index (κ2) is 7.13. The van der Waals surface area contributed by atoms with Crippen molar-refractivity contribution < 1.29 is 18.0 Å². The van der Waals surface area contributed by atoms with Gasteiger partial charge in [-0.1, -0.05) is 12.1 Å². The van der Waals surface area contributed by atoms with Crippen molar-refractivity contribution in [1.29, 1.82) is 0 Å². The van der Waals surface area contributed by atoms with E-state index in [0.29, 0.717) is 16.7 Å². The lowest BCUT2D eigenvalue weighted by Gasteiger charge is -2.12. The van der Waals surface area contributed by atoms with Crippen molar-refractivity contribution in [3.63, 3.8) is 0 Å². The molecule has 0 atom stereocenters. The number of amides is 1. The molecular weight excluding hydrogens is 403 g/mol. The third kappa shape index (κ3) is 3.32. The zero-order valence-corrected chi connectivity index (χ0v) is 15.4. The second-order valence-electron chi connectivity index (χ2n) is 6.22. The molecule has 0 spiro atoms. The molecule has 0 radical (unpaired) electrons. The molecule has 30 heavy (non-hydrogen) atoms. The van der Waals surface area contributed by atoms with Gasteiger partial charge in [-0.25, -0.2) is 14.8 Å². The predicted molar refractivity (Wildman–Crippen MR) is 100 cm³/mol. The molecule has 12 heteroatoms. The molecule has 9 nitrogen and oxygen atoms in total. The van der Waals surface area contributed by atoms with Crippen LogP contribution in [-0.2, 0) is 12.7 Å². The topological polar surface area (TPSA) is 110 Å².